The fourth-order valence-electron chi connectivity index (χ4n) is 2.09. The van der Waals surface area contributed by atoms with Crippen LogP contribution in [0.25, 0.3) is 0 Å². The molecule has 0 amide bonds. The number of allylic oxidation sites excluding steroid dienone is 3. The van der Waals surface area contributed by atoms with Crippen LogP contribution in [0.3, 0.4) is 0 Å². The van der Waals surface area contributed by atoms with Gasteiger partial charge in [-0.2, -0.15) is 0 Å². The van der Waals surface area contributed by atoms with E-state index in [1.807, 2.05) is 30.5 Å². The highest BCUT2D eigenvalue weighted by Gasteiger charge is 2.12. The molecule has 6 heteroatoms. The third-order valence-corrected chi connectivity index (χ3v) is 4.09. The van der Waals surface area contributed by atoms with Crippen LogP contribution in [0.4, 0.5) is 5.13 Å². The number of nitrogens with one attached hydrogen (secondary N) is 1. The third-order valence-electron chi connectivity index (χ3n) is 3.31. The lowest BCUT2D eigenvalue weighted by Gasteiger charge is -2.05. The number of nitrogens with zero attached hydrogens (tertiary/aromatic N) is 2. The second kappa shape index (κ2) is 7.97. The molecule has 1 heterocycles. The summed E-state index contributed by atoms with van der Waals surface area (Å²) in [5.41, 5.74) is 2.32. The molecule has 0 spiro atoms. The molecule has 0 aliphatic heterocycles. The van der Waals surface area contributed by atoms with Crippen LogP contribution in [0.2, 0.25) is 0 Å². The van der Waals surface area contributed by atoms with E-state index in [0.29, 0.717) is 17.5 Å². The van der Waals surface area contributed by atoms with Gasteiger partial charge in [0.2, 0.25) is 0 Å². The fraction of sp³-hybridized carbons (Fsp3) is 0.333. The maximum atomic E-state index is 9.70. The summed E-state index contributed by atoms with van der Waals surface area (Å²) < 4.78 is 5.29. The Balaban J connectivity index is 2.29. The Labute approximate surface area is 146 Å². The Morgan fingerprint density at radius 3 is 2.88 bits per heavy atom. The van der Waals surface area contributed by atoms with Crippen LogP contribution in [-0.2, 0) is 4.74 Å². The van der Waals surface area contributed by atoms with Crippen LogP contribution in [0.5, 0.6) is 0 Å². The van der Waals surface area contributed by atoms with Crippen molar-refractivity contribution < 1.29 is 9.84 Å². The zero-order chi connectivity index (χ0) is 17.7. The maximum Gasteiger partial charge on any atom is 0.183 e. The molecule has 2 N–H and O–H groups in total. The predicted molar refractivity (Wildman–Crippen MR) is 101 cm³/mol. The van der Waals surface area contributed by atoms with Crippen molar-refractivity contribution in [3.63, 3.8) is 0 Å². The summed E-state index contributed by atoms with van der Waals surface area (Å²) in [6.45, 7) is 9.66. The summed E-state index contributed by atoms with van der Waals surface area (Å²) in [5, 5.41) is 15.8. The van der Waals surface area contributed by atoms with Crippen LogP contribution >= 0.6 is 11.3 Å². The Bertz CT molecular complexity index is 726. The van der Waals surface area contributed by atoms with E-state index in [-0.39, 0.29) is 11.7 Å². The average molecular weight is 345 g/mol. The minimum absolute atomic E-state index is 0.0689. The number of anilines is 1. The molecule has 0 aromatic carbocycles. The average Bonchev–Trinajstić information content (AvgIpc) is 2.86. The van der Waals surface area contributed by atoms with Gasteiger partial charge in [-0.05, 0) is 32.9 Å². The number of aromatic nitrogens is 1. The highest BCUT2D eigenvalue weighted by molar-refractivity contribution is 7.13. The molecule has 1 unspecified atom stereocenters. The van der Waals surface area contributed by atoms with Crippen molar-refractivity contribution >= 4 is 22.2 Å². The Morgan fingerprint density at radius 1 is 1.50 bits per heavy atom. The van der Waals surface area contributed by atoms with E-state index in [2.05, 4.69) is 35.7 Å². The van der Waals surface area contributed by atoms with Crippen molar-refractivity contribution in [2.75, 3.05) is 12.4 Å². The van der Waals surface area contributed by atoms with Gasteiger partial charge in [-0.3, -0.25) is 4.99 Å². The van der Waals surface area contributed by atoms with Gasteiger partial charge >= 0.3 is 0 Å². The monoisotopic (exact) mass is 345 g/mol. The normalized spacial score (nSPS) is 18.0. The number of hydrogen-bond acceptors (Lipinski definition) is 6. The summed E-state index contributed by atoms with van der Waals surface area (Å²) in [6, 6.07) is 0.334. The molecule has 1 aromatic heterocycles. The van der Waals surface area contributed by atoms with Crippen LogP contribution in [0.15, 0.2) is 58.5 Å². The maximum absolute atomic E-state index is 9.70. The van der Waals surface area contributed by atoms with Crippen molar-refractivity contribution in [3.05, 3.63) is 59.2 Å². The lowest BCUT2D eigenvalue weighted by Crippen LogP contribution is -2.09. The van der Waals surface area contributed by atoms with Gasteiger partial charge in [-0.25, -0.2) is 4.98 Å². The Kier molecular flexibility index (Phi) is 5.98. The molecule has 0 saturated heterocycles. The summed E-state index contributed by atoms with van der Waals surface area (Å²) >= 11 is 1.55. The predicted octanol–water partition coefficient (Wildman–Crippen LogP) is 4.44. The molecule has 0 radical (unpaired) electrons. The number of thiazole rings is 1. The van der Waals surface area contributed by atoms with E-state index in [1.165, 1.54) is 0 Å². The molecule has 24 heavy (non-hydrogen) atoms. The van der Waals surface area contributed by atoms with Crippen LogP contribution in [-0.4, -0.2) is 29.0 Å². The quantitative estimate of drug-likeness (QED) is 0.591. The zero-order valence-electron chi connectivity index (χ0n) is 14.4. The van der Waals surface area contributed by atoms with E-state index in [0.717, 1.165) is 16.5 Å². The van der Waals surface area contributed by atoms with Gasteiger partial charge in [-0.15, -0.1) is 11.3 Å². The minimum atomic E-state index is -0.297. The lowest BCUT2D eigenvalue weighted by atomic mass is 10.1. The number of methoxy groups -OCH3 is 1. The van der Waals surface area contributed by atoms with Gasteiger partial charge in [0.1, 0.15) is 5.76 Å². The van der Waals surface area contributed by atoms with Crippen LogP contribution in [0, 0.1) is 5.92 Å². The second-order valence-corrected chi connectivity index (χ2v) is 6.61. The van der Waals surface area contributed by atoms with Crippen molar-refractivity contribution in [2.24, 2.45) is 10.9 Å². The first-order valence-corrected chi connectivity index (χ1v) is 8.58. The van der Waals surface area contributed by atoms with Crippen molar-refractivity contribution in [3.8, 4) is 0 Å². The second-order valence-electron chi connectivity index (χ2n) is 5.75. The first-order chi connectivity index (χ1) is 11.4. The van der Waals surface area contributed by atoms with E-state index in [4.69, 9.17) is 4.74 Å². The van der Waals surface area contributed by atoms with E-state index < -0.39 is 0 Å². The summed E-state index contributed by atoms with van der Waals surface area (Å²) in [6.07, 6.45) is 7.29. The molecule has 0 fully saturated rings. The molecule has 2 rings (SSSR count). The van der Waals surface area contributed by atoms with Crippen molar-refractivity contribution in [1.82, 2.24) is 4.98 Å². The highest BCUT2D eigenvalue weighted by atomic mass is 32.1. The summed E-state index contributed by atoms with van der Waals surface area (Å²) in [7, 11) is 1.60. The molecule has 1 atom stereocenters. The van der Waals surface area contributed by atoms with Crippen molar-refractivity contribution in [2.45, 2.75) is 26.8 Å². The highest BCUT2D eigenvalue weighted by Crippen LogP contribution is 2.22. The first-order valence-electron chi connectivity index (χ1n) is 7.70. The molecule has 1 aromatic rings. The molecule has 5 nitrogen and oxygen atoms in total. The van der Waals surface area contributed by atoms with Gasteiger partial charge < -0.3 is 15.2 Å². The number of aliphatic imine (C=N–C) groups is 1. The van der Waals surface area contributed by atoms with Crippen LogP contribution < -0.4 is 5.32 Å². The van der Waals surface area contributed by atoms with Gasteiger partial charge in [0.25, 0.3) is 0 Å². The van der Waals surface area contributed by atoms with E-state index in [1.54, 1.807) is 24.5 Å². The molecule has 128 valence electrons. The minimum Gasteiger partial charge on any atom is -0.512 e. The fourth-order valence-corrected chi connectivity index (χ4v) is 2.99. The molecular formula is C18H23N3O2S. The standard InChI is InChI=1S/C18H23N3O2S/c1-11(2)19-18-21-17(10-24-18)12(3)20-15-8-14(13(4)22)6-7-16(9-15)23-5/h6-11,14,22H,4H2,1-3,5H3,(H,19,21). The molecule has 0 bridgehead atoms. The van der Waals surface area contributed by atoms with E-state index >= 15 is 0 Å². The smallest absolute Gasteiger partial charge is 0.183 e. The SMILES string of the molecule is C=C(O)C1C=CC(OC)=CC(N=C(C)c2csc(NC(C)C)n2)=C1. The zero-order valence-corrected chi connectivity index (χ0v) is 15.2. The molecule has 1 aliphatic rings. The Hall–Kier alpha value is -2.34. The van der Waals surface area contributed by atoms with Crippen LogP contribution in [0.1, 0.15) is 26.5 Å². The number of aliphatic hydroxyl groups is 1. The third kappa shape index (κ3) is 4.83. The number of ether oxygens (including phenoxy) is 1. The van der Waals surface area contributed by atoms with Gasteiger partial charge in [0.05, 0.1) is 35.9 Å². The lowest BCUT2D eigenvalue weighted by molar-refractivity contribution is 0.306. The molecule has 0 saturated carbocycles. The Morgan fingerprint density at radius 2 is 2.25 bits per heavy atom. The topological polar surface area (TPSA) is 66.7 Å². The van der Waals surface area contributed by atoms with Gasteiger partial charge in [-0.1, -0.05) is 12.7 Å². The van der Waals surface area contributed by atoms with Gasteiger partial charge in [0.15, 0.2) is 5.13 Å². The van der Waals surface area contributed by atoms with Gasteiger partial charge in [0, 0.05) is 17.5 Å². The summed E-state index contributed by atoms with van der Waals surface area (Å²) in [4.78, 5) is 9.18. The summed E-state index contributed by atoms with van der Waals surface area (Å²) in [5.74, 6) is 0.440. The molecule has 1 aliphatic carbocycles. The number of rotatable bonds is 6. The number of aliphatic hydroxyl groups excluding tert-OH is 1. The van der Waals surface area contributed by atoms with E-state index in [9.17, 15) is 5.11 Å². The first kappa shape index (κ1) is 18.0. The number of hydrogen-bond donors (Lipinski definition) is 2. The molecular weight excluding hydrogens is 322 g/mol. The van der Waals surface area contributed by atoms with Crippen molar-refractivity contribution in [1.29, 1.82) is 0 Å². The largest absolute Gasteiger partial charge is 0.512 e.